The fourth-order valence-electron chi connectivity index (χ4n) is 7.28. The summed E-state index contributed by atoms with van der Waals surface area (Å²) in [6, 6.07) is 54.2. The minimum Gasteiger partial charge on any atom is -0.454 e. The summed E-state index contributed by atoms with van der Waals surface area (Å²) in [4.78, 5) is 15.5. The van der Waals surface area contributed by atoms with E-state index in [1.807, 2.05) is 54.6 Å². The van der Waals surface area contributed by atoms with Crippen molar-refractivity contribution in [2.75, 3.05) is 0 Å². The zero-order chi connectivity index (χ0) is 33.2. The van der Waals surface area contributed by atoms with Gasteiger partial charge in [-0.25, -0.2) is 15.0 Å². The summed E-state index contributed by atoms with van der Waals surface area (Å²) < 4.78 is 6.30. The molecule has 0 saturated carbocycles. The monoisotopic (exact) mass is 659 g/mol. The van der Waals surface area contributed by atoms with E-state index in [1.54, 1.807) is 0 Å². The van der Waals surface area contributed by atoms with Gasteiger partial charge in [0.2, 0.25) is 0 Å². The summed E-state index contributed by atoms with van der Waals surface area (Å²) >= 11 is 6.61. The Morgan fingerprint density at radius 1 is 0.400 bits per heavy atom. The average molecular weight is 660 g/mol. The second kappa shape index (κ2) is 11.4. The Hall–Kier alpha value is -6.36. The molecule has 0 spiro atoms. The van der Waals surface area contributed by atoms with Gasteiger partial charge in [0.25, 0.3) is 0 Å². The van der Waals surface area contributed by atoms with Crippen molar-refractivity contribution in [2.45, 2.75) is 0 Å². The second-order valence-corrected chi connectivity index (χ2v) is 12.9. The Bertz CT molecular complexity index is 2950. The molecule has 0 unspecified atom stereocenters. The van der Waals surface area contributed by atoms with Gasteiger partial charge in [0.15, 0.2) is 23.1 Å². The summed E-state index contributed by atoms with van der Waals surface area (Å²) in [7, 11) is 0. The van der Waals surface area contributed by atoms with Gasteiger partial charge >= 0.3 is 0 Å². The SMILES string of the molecule is Clc1cccc2c1oc1cccc(-c3cc(-c4nc(-c5ccccc5)nc(-c5cc6ccccc6c6ccccc56)n4)cc4ccccc34)c12. The third-order valence-corrected chi connectivity index (χ3v) is 9.86. The van der Waals surface area contributed by atoms with Crippen LogP contribution in [0.2, 0.25) is 5.02 Å². The van der Waals surface area contributed by atoms with Gasteiger partial charge in [-0.05, 0) is 73.8 Å². The van der Waals surface area contributed by atoms with Gasteiger partial charge < -0.3 is 4.42 Å². The first-order chi connectivity index (χ1) is 24.7. The molecule has 0 amide bonds. The zero-order valence-corrected chi connectivity index (χ0v) is 27.4. The molecule has 0 saturated heterocycles. The van der Waals surface area contributed by atoms with E-state index < -0.39 is 0 Å². The summed E-state index contributed by atoms with van der Waals surface area (Å²) in [6.45, 7) is 0. The van der Waals surface area contributed by atoms with Crippen molar-refractivity contribution < 1.29 is 4.42 Å². The average Bonchev–Trinajstić information content (AvgIpc) is 3.58. The molecule has 5 heteroatoms. The summed E-state index contributed by atoms with van der Waals surface area (Å²) in [5, 5.41) is 9.40. The number of furan rings is 1. The van der Waals surface area contributed by atoms with Gasteiger partial charge in [-0.15, -0.1) is 0 Å². The van der Waals surface area contributed by atoms with Crippen molar-refractivity contribution in [1.29, 1.82) is 0 Å². The molecule has 10 rings (SSSR count). The highest BCUT2D eigenvalue weighted by Crippen LogP contribution is 2.43. The molecule has 0 fully saturated rings. The van der Waals surface area contributed by atoms with Gasteiger partial charge in [-0.3, -0.25) is 0 Å². The minimum absolute atomic E-state index is 0.593. The summed E-state index contributed by atoms with van der Waals surface area (Å²) in [6.07, 6.45) is 0. The van der Waals surface area contributed by atoms with Crippen molar-refractivity contribution in [3.63, 3.8) is 0 Å². The summed E-state index contributed by atoms with van der Waals surface area (Å²) in [5.41, 5.74) is 6.38. The van der Waals surface area contributed by atoms with Gasteiger partial charge in [0.05, 0.1) is 5.02 Å². The lowest BCUT2D eigenvalue weighted by Crippen LogP contribution is -2.01. The normalized spacial score (nSPS) is 11.7. The number of fused-ring (bicyclic) bond motifs is 7. The van der Waals surface area contributed by atoms with Crippen molar-refractivity contribution >= 4 is 65.9 Å². The molecule has 0 radical (unpaired) electrons. The van der Waals surface area contributed by atoms with Gasteiger partial charge in [-0.1, -0.05) is 139 Å². The van der Waals surface area contributed by atoms with Crippen LogP contribution in [0.1, 0.15) is 0 Å². The van der Waals surface area contributed by atoms with Crippen LogP contribution in [0, 0.1) is 0 Å². The van der Waals surface area contributed by atoms with E-state index in [1.165, 1.54) is 5.39 Å². The molecule has 2 aromatic heterocycles. The quantitative estimate of drug-likeness (QED) is 0.176. The highest BCUT2D eigenvalue weighted by molar-refractivity contribution is 6.36. The third-order valence-electron chi connectivity index (χ3n) is 9.56. The zero-order valence-electron chi connectivity index (χ0n) is 26.6. The first-order valence-corrected chi connectivity index (χ1v) is 16.9. The maximum Gasteiger partial charge on any atom is 0.164 e. The molecule has 2 heterocycles. The Morgan fingerprint density at radius 3 is 1.84 bits per heavy atom. The van der Waals surface area contributed by atoms with Crippen LogP contribution in [0.3, 0.4) is 0 Å². The minimum atomic E-state index is 0.593. The molecule has 0 aliphatic carbocycles. The van der Waals surface area contributed by atoms with Gasteiger partial charge in [0.1, 0.15) is 5.58 Å². The number of aromatic nitrogens is 3. The number of hydrogen-bond acceptors (Lipinski definition) is 4. The molecular formula is C45H26ClN3O. The Balaban J connectivity index is 1.26. The maximum absolute atomic E-state index is 6.61. The van der Waals surface area contributed by atoms with E-state index in [0.717, 1.165) is 71.1 Å². The molecule has 0 bridgehead atoms. The molecule has 0 atom stereocenters. The van der Waals surface area contributed by atoms with Crippen LogP contribution in [0.4, 0.5) is 0 Å². The van der Waals surface area contributed by atoms with Crippen molar-refractivity contribution in [3.8, 4) is 45.3 Å². The largest absolute Gasteiger partial charge is 0.454 e. The standard InChI is InChI=1S/C45H26ClN3O/c46-39-22-10-21-36-41-35(20-11-23-40(41)50-42(36)39)37-26-30(24-28-14-4-7-17-32(28)37)44-47-43(27-12-2-1-3-13-27)48-45(49-44)38-25-29-15-5-6-16-31(29)33-18-8-9-19-34(33)38/h1-26H. The molecule has 0 N–H and O–H groups in total. The van der Waals surface area contributed by atoms with E-state index in [0.29, 0.717) is 28.1 Å². The van der Waals surface area contributed by atoms with E-state index in [9.17, 15) is 0 Å². The Labute approximate surface area is 292 Å². The first-order valence-electron chi connectivity index (χ1n) is 16.6. The highest BCUT2D eigenvalue weighted by atomic mass is 35.5. The number of para-hydroxylation sites is 1. The van der Waals surface area contributed by atoms with Crippen molar-refractivity contribution in [1.82, 2.24) is 15.0 Å². The fraction of sp³-hybridized carbons (Fsp3) is 0. The van der Waals surface area contributed by atoms with Gasteiger partial charge in [-0.2, -0.15) is 0 Å². The molecule has 50 heavy (non-hydrogen) atoms. The Kier molecular flexibility index (Phi) is 6.51. The van der Waals surface area contributed by atoms with Crippen molar-refractivity contribution in [2.24, 2.45) is 0 Å². The summed E-state index contributed by atoms with van der Waals surface area (Å²) in [5.74, 6) is 1.85. The lowest BCUT2D eigenvalue weighted by Gasteiger charge is -2.14. The van der Waals surface area contributed by atoms with Crippen LogP contribution >= 0.6 is 11.6 Å². The first kappa shape index (κ1) is 28.6. The van der Waals surface area contributed by atoms with Crippen LogP contribution in [0.5, 0.6) is 0 Å². The number of nitrogens with zero attached hydrogens (tertiary/aromatic N) is 3. The molecule has 4 nitrogen and oxygen atoms in total. The highest BCUT2D eigenvalue weighted by Gasteiger charge is 2.20. The topological polar surface area (TPSA) is 51.8 Å². The third kappa shape index (κ3) is 4.57. The molecule has 10 aromatic rings. The number of halogens is 1. The Morgan fingerprint density at radius 2 is 1.02 bits per heavy atom. The maximum atomic E-state index is 6.61. The predicted molar refractivity (Wildman–Crippen MR) is 206 cm³/mol. The number of hydrogen-bond donors (Lipinski definition) is 0. The molecule has 234 valence electrons. The smallest absolute Gasteiger partial charge is 0.164 e. The van der Waals surface area contributed by atoms with Crippen LogP contribution < -0.4 is 0 Å². The molecular weight excluding hydrogens is 634 g/mol. The lowest BCUT2D eigenvalue weighted by molar-refractivity contribution is 0.669. The van der Waals surface area contributed by atoms with E-state index in [-0.39, 0.29) is 0 Å². The van der Waals surface area contributed by atoms with Gasteiger partial charge in [0, 0.05) is 27.5 Å². The molecule has 8 aromatic carbocycles. The van der Waals surface area contributed by atoms with E-state index in [2.05, 4.69) is 103 Å². The van der Waals surface area contributed by atoms with E-state index in [4.69, 9.17) is 31.0 Å². The predicted octanol–water partition coefficient (Wildman–Crippen LogP) is 12.6. The van der Waals surface area contributed by atoms with Crippen molar-refractivity contribution in [3.05, 3.63) is 163 Å². The number of rotatable bonds is 4. The van der Waals surface area contributed by atoms with Crippen LogP contribution in [-0.2, 0) is 0 Å². The van der Waals surface area contributed by atoms with Crippen LogP contribution in [0.25, 0.3) is 99.5 Å². The van der Waals surface area contributed by atoms with E-state index >= 15 is 0 Å². The molecule has 0 aliphatic rings. The number of benzene rings is 8. The van der Waals surface area contributed by atoms with Crippen LogP contribution in [0.15, 0.2) is 162 Å². The van der Waals surface area contributed by atoms with Crippen LogP contribution in [-0.4, -0.2) is 15.0 Å². The fourth-order valence-corrected chi connectivity index (χ4v) is 7.49. The second-order valence-electron chi connectivity index (χ2n) is 12.5. The lowest BCUT2D eigenvalue weighted by atomic mass is 9.92. The molecule has 0 aliphatic heterocycles.